The van der Waals surface area contributed by atoms with Crippen molar-refractivity contribution >= 4 is 17.3 Å². The zero-order valence-electron chi connectivity index (χ0n) is 10.9. The zero-order valence-corrected chi connectivity index (χ0v) is 10.9. The van der Waals surface area contributed by atoms with Gasteiger partial charge in [-0.2, -0.15) is 0 Å². The summed E-state index contributed by atoms with van der Waals surface area (Å²) in [7, 11) is 0. The van der Waals surface area contributed by atoms with Crippen LogP contribution in [0.1, 0.15) is 25.7 Å². The number of rotatable bonds is 4. The summed E-state index contributed by atoms with van der Waals surface area (Å²) < 4.78 is 7.58. The Morgan fingerprint density at radius 1 is 1.47 bits per heavy atom. The van der Waals surface area contributed by atoms with Gasteiger partial charge in [-0.1, -0.05) is 0 Å². The summed E-state index contributed by atoms with van der Waals surface area (Å²) in [6, 6.07) is 0. The Kier molecular flexibility index (Phi) is 3.50. The molecule has 3 rings (SSSR count). The molecule has 0 saturated carbocycles. The quantitative estimate of drug-likeness (QED) is 0.875. The molecule has 6 nitrogen and oxygen atoms in total. The van der Waals surface area contributed by atoms with Crippen LogP contribution >= 0.6 is 0 Å². The van der Waals surface area contributed by atoms with Gasteiger partial charge in [0.25, 0.3) is 0 Å². The Morgan fingerprint density at radius 3 is 3.26 bits per heavy atom. The monoisotopic (exact) mass is 261 g/mol. The summed E-state index contributed by atoms with van der Waals surface area (Å²) in [6.45, 7) is 1.72. The molecular weight excluding hydrogens is 242 g/mol. The van der Waals surface area contributed by atoms with E-state index in [0.29, 0.717) is 11.9 Å². The molecular formula is C13H19N5O. The largest absolute Gasteiger partial charge is 0.382 e. The van der Waals surface area contributed by atoms with Crippen molar-refractivity contribution in [3.63, 3.8) is 0 Å². The lowest BCUT2D eigenvalue weighted by Crippen LogP contribution is -2.22. The molecule has 2 aromatic rings. The molecule has 1 fully saturated rings. The van der Waals surface area contributed by atoms with Crippen molar-refractivity contribution < 1.29 is 4.74 Å². The highest BCUT2D eigenvalue weighted by Gasteiger charge is 2.13. The first-order valence-corrected chi connectivity index (χ1v) is 6.77. The average Bonchev–Trinajstić information content (AvgIpc) is 2.88. The number of nitrogens with zero attached hydrogens (tertiary/aromatic N) is 3. The highest BCUT2D eigenvalue weighted by atomic mass is 16.5. The minimum absolute atomic E-state index is 0.373. The van der Waals surface area contributed by atoms with Crippen molar-refractivity contribution in [1.82, 2.24) is 14.4 Å². The molecule has 1 unspecified atom stereocenters. The van der Waals surface area contributed by atoms with Crippen molar-refractivity contribution in [2.75, 3.05) is 24.2 Å². The minimum Gasteiger partial charge on any atom is -0.382 e. The molecule has 1 aliphatic heterocycles. The lowest BCUT2D eigenvalue weighted by molar-refractivity contribution is 0.0134. The van der Waals surface area contributed by atoms with Gasteiger partial charge in [0.15, 0.2) is 11.5 Å². The number of nitrogen functional groups attached to an aromatic ring is 1. The highest BCUT2D eigenvalue weighted by Crippen LogP contribution is 2.17. The topological polar surface area (TPSA) is 77.5 Å². The summed E-state index contributed by atoms with van der Waals surface area (Å²) in [6.07, 6.45) is 10.3. The van der Waals surface area contributed by atoms with E-state index in [1.54, 1.807) is 12.4 Å². The van der Waals surface area contributed by atoms with Gasteiger partial charge in [-0.15, -0.1) is 0 Å². The summed E-state index contributed by atoms with van der Waals surface area (Å²) in [4.78, 5) is 8.58. The SMILES string of the molecule is Nc1cn2ccnc2c(NCCC2CCCCO2)n1. The molecule has 1 aliphatic rings. The number of hydrogen-bond acceptors (Lipinski definition) is 5. The van der Waals surface area contributed by atoms with Crippen LogP contribution in [0.5, 0.6) is 0 Å². The number of aromatic nitrogens is 3. The van der Waals surface area contributed by atoms with Gasteiger partial charge in [-0.05, 0) is 25.7 Å². The van der Waals surface area contributed by atoms with E-state index in [1.807, 2.05) is 10.6 Å². The van der Waals surface area contributed by atoms with Crippen LogP contribution in [0.25, 0.3) is 5.65 Å². The third-order valence-electron chi connectivity index (χ3n) is 3.43. The highest BCUT2D eigenvalue weighted by molar-refractivity contribution is 5.64. The van der Waals surface area contributed by atoms with E-state index >= 15 is 0 Å². The van der Waals surface area contributed by atoms with Crippen LogP contribution in [0.15, 0.2) is 18.6 Å². The van der Waals surface area contributed by atoms with Crippen LogP contribution in [0.2, 0.25) is 0 Å². The molecule has 0 bridgehead atoms. The summed E-state index contributed by atoms with van der Waals surface area (Å²) >= 11 is 0. The van der Waals surface area contributed by atoms with Gasteiger partial charge < -0.3 is 20.2 Å². The molecule has 0 spiro atoms. The van der Waals surface area contributed by atoms with Gasteiger partial charge in [0.05, 0.1) is 12.3 Å². The summed E-state index contributed by atoms with van der Waals surface area (Å²) in [5, 5.41) is 3.31. The molecule has 19 heavy (non-hydrogen) atoms. The number of nitrogens with two attached hydrogens (primary N) is 1. The Bertz CT molecular complexity index is 547. The van der Waals surface area contributed by atoms with E-state index in [9.17, 15) is 0 Å². The van der Waals surface area contributed by atoms with Gasteiger partial charge in [0.1, 0.15) is 5.82 Å². The van der Waals surface area contributed by atoms with E-state index < -0.39 is 0 Å². The van der Waals surface area contributed by atoms with Crippen LogP contribution in [-0.2, 0) is 4.74 Å². The molecule has 2 aromatic heterocycles. The standard InChI is InChI=1S/C13H19N5O/c14-11-9-18-7-6-16-13(18)12(17-11)15-5-4-10-3-1-2-8-19-10/h6-7,9-10H,1-5,8,14H2,(H,15,17). The van der Waals surface area contributed by atoms with Crippen LogP contribution in [0.3, 0.4) is 0 Å². The molecule has 0 amide bonds. The zero-order chi connectivity index (χ0) is 13.1. The average molecular weight is 261 g/mol. The number of anilines is 2. The first-order valence-electron chi connectivity index (χ1n) is 6.77. The van der Waals surface area contributed by atoms with E-state index in [1.165, 1.54) is 12.8 Å². The predicted octanol–water partition coefficient (Wildman–Crippen LogP) is 1.68. The lowest BCUT2D eigenvalue weighted by Gasteiger charge is -2.22. The van der Waals surface area contributed by atoms with Crippen LogP contribution < -0.4 is 11.1 Å². The number of ether oxygens (including phenoxy) is 1. The smallest absolute Gasteiger partial charge is 0.180 e. The third kappa shape index (κ3) is 2.78. The molecule has 102 valence electrons. The predicted molar refractivity (Wildman–Crippen MR) is 74.1 cm³/mol. The third-order valence-corrected chi connectivity index (χ3v) is 3.43. The molecule has 1 saturated heterocycles. The number of nitrogens with one attached hydrogen (secondary N) is 1. The Labute approximate surface area is 112 Å². The second-order valence-corrected chi connectivity index (χ2v) is 4.88. The van der Waals surface area contributed by atoms with E-state index in [4.69, 9.17) is 10.5 Å². The van der Waals surface area contributed by atoms with Crippen LogP contribution in [-0.4, -0.2) is 33.6 Å². The van der Waals surface area contributed by atoms with E-state index in [-0.39, 0.29) is 0 Å². The molecule has 1 atom stereocenters. The van der Waals surface area contributed by atoms with Gasteiger partial charge in [-0.25, -0.2) is 9.97 Å². The number of fused-ring (bicyclic) bond motifs is 1. The fraction of sp³-hybridized carbons (Fsp3) is 0.538. The maximum absolute atomic E-state index is 5.77. The van der Waals surface area contributed by atoms with Gasteiger partial charge >= 0.3 is 0 Å². The van der Waals surface area contributed by atoms with Gasteiger partial charge in [0, 0.05) is 25.5 Å². The Hall–Kier alpha value is -1.82. The molecule has 3 N–H and O–H groups in total. The van der Waals surface area contributed by atoms with E-state index in [0.717, 1.165) is 37.5 Å². The molecule has 3 heterocycles. The maximum atomic E-state index is 5.77. The van der Waals surface area contributed by atoms with Gasteiger partial charge in [-0.3, -0.25) is 0 Å². The van der Waals surface area contributed by atoms with Crippen molar-refractivity contribution in [3.05, 3.63) is 18.6 Å². The molecule has 0 aromatic carbocycles. The second kappa shape index (κ2) is 5.44. The summed E-state index contributed by atoms with van der Waals surface area (Å²) in [5.41, 5.74) is 6.58. The van der Waals surface area contributed by atoms with Crippen LogP contribution in [0, 0.1) is 0 Å². The number of hydrogen-bond donors (Lipinski definition) is 2. The van der Waals surface area contributed by atoms with Crippen LogP contribution in [0.4, 0.5) is 11.6 Å². The lowest BCUT2D eigenvalue weighted by atomic mass is 10.1. The Morgan fingerprint density at radius 2 is 2.42 bits per heavy atom. The van der Waals surface area contributed by atoms with Gasteiger partial charge in [0.2, 0.25) is 0 Å². The summed E-state index contributed by atoms with van der Waals surface area (Å²) in [5.74, 6) is 1.22. The Balaban J connectivity index is 1.63. The van der Waals surface area contributed by atoms with E-state index in [2.05, 4.69) is 15.3 Å². The molecule has 0 aliphatic carbocycles. The first kappa shape index (κ1) is 12.2. The van der Waals surface area contributed by atoms with Crippen molar-refractivity contribution in [3.8, 4) is 0 Å². The molecule has 6 heteroatoms. The minimum atomic E-state index is 0.373. The second-order valence-electron chi connectivity index (χ2n) is 4.88. The first-order chi connectivity index (χ1) is 9.33. The van der Waals surface area contributed by atoms with Crippen molar-refractivity contribution in [1.29, 1.82) is 0 Å². The normalized spacial score (nSPS) is 19.7. The number of imidazole rings is 1. The van der Waals surface area contributed by atoms with Crippen molar-refractivity contribution in [2.45, 2.75) is 31.8 Å². The fourth-order valence-corrected chi connectivity index (χ4v) is 2.46. The van der Waals surface area contributed by atoms with Crippen molar-refractivity contribution in [2.24, 2.45) is 0 Å². The fourth-order valence-electron chi connectivity index (χ4n) is 2.46. The maximum Gasteiger partial charge on any atom is 0.180 e. The molecule has 0 radical (unpaired) electrons.